The molecule has 2 fully saturated rings. The summed E-state index contributed by atoms with van der Waals surface area (Å²) < 4.78 is 6.03. The Balaban J connectivity index is 1.66. The van der Waals surface area contributed by atoms with E-state index in [2.05, 4.69) is 9.88 Å². The van der Waals surface area contributed by atoms with E-state index in [-0.39, 0.29) is 12.1 Å². The van der Waals surface area contributed by atoms with E-state index in [0.29, 0.717) is 12.1 Å². The number of rotatable bonds is 2. The molecule has 108 valence electrons. The van der Waals surface area contributed by atoms with Crippen molar-refractivity contribution in [2.24, 2.45) is 0 Å². The zero-order chi connectivity index (χ0) is 14.1. The van der Waals surface area contributed by atoms with Gasteiger partial charge in [0.05, 0.1) is 0 Å². The van der Waals surface area contributed by atoms with Crippen LogP contribution in [0.5, 0.6) is 5.75 Å². The number of amides is 2. The van der Waals surface area contributed by atoms with Crippen molar-refractivity contribution in [3.8, 4) is 5.75 Å². The first-order chi connectivity index (χ1) is 9.65. The zero-order valence-electron chi connectivity index (χ0n) is 12.0. The van der Waals surface area contributed by atoms with Gasteiger partial charge in [-0.1, -0.05) is 0 Å². The van der Waals surface area contributed by atoms with Crippen LogP contribution < -0.4 is 4.74 Å². The van der Waals surface area contributed by atoms with Crippen molar-refractivity contribution < 1.29 is 9.53 Å². The van der Waals surface area contributed by atoms with Gasteiger partial charge in [-0.3, -0.25) is 4.98 Å². The standard InChI is InChI=1S/C15H21N3O2/c1-17(2)15(19)18-11-3-4-12(18)10-14(9-11)20-13-5-7-16-8-6-13/h5-8,11-12,14H,3-4,9-10H2,1-2H3. The highest BCUT2D eigenvalue weighted by molar-refractivity contribution is 5.75. The van der Waals surface area contributed by atoms with Gasteiger partial charge in [-0.15, -0.1) is 0 Å². The summed E-state index contributed by atoms with van der Waals surface area (Å²) in [5, 5.41) is 0. The molecule has 2 unspecified atom stereocenters. The number of carbonyl (C=O) groups is 1. The quantitative estimate of drug-likeness (QED) is 0.830. The molecule has 0 radical (unpaired) electrons. The Bertz CT molecular complexity index is 463. The maximum absolute atomic E-state index is 12.2. The minimum absolute atomic E-state index is 0.139. The second kappa shape index (κ2) is 5.31. The van der Waals surface area contributed by atoms with Crippen molar-refractivity contribution in [2.75, 3.05) is 14.1 Å². The van der Waals surface area contributed by atoms with Gasteiger partial charge in [0.1, 0.15) is 11.9 Å². The highest BCUT2D eigenvalue weighted by Crippen LogP contribution is 2.37. The minimum atomic E-state index is 0.139. The van der Waals surface area contributed by atoms with E-state index < -0.39 is 0 Å². The van der Waals surface area contributed by atoms with Crippen LogP contribution in [0, 0.1) is 0 Å². The first-order valence-corrected chi connectivity index (χ1v) is 7.21. The molecular weight excluding hydrogens is 254 g/mol. The number of hydrogen-bond acceptors (Lipinski definition) is 3. The highest BCUT2D eigenvalue weighted by atomic mass is 16.5. The molecule has 2 aliphatic heterocycles. The largest absolute Gasteiger partial charge is 0.490 e. The van der Waals surface area contributed by atoms with E-state index in [1.165, 1.54) is 0 Å². The van der Waals surface area contributed by atoms with Crippen LogP contribution >= 0.6 is 0 Å². The maximum atomic E-state index is 12.2. The Kier molecular flexibility index (Phi) is 3.51. The number of aromatic nitrogens is 1. The second-order valence-electron chi connectivity index (χ2n) is 5.86. The van der Waals surface area contributed by atoms with Crippen molar-refractivity contribution in [3.63, 3.8) is 0 Å². The van der Waals surface area contributed by atoms with E-state index in [4.69, 9.17) is 4.74 Å². The average Bonchev–Trinajstić information content (AvgIpc) is 2.70. The number of ether oxygens (including phenoxy) is 1. The van der Waals surface area contributed by atoms with Gasteiger partial charge in [-0.05, 0) is 25.0 Å². The van der Waals surface area contributed by atoms with Gasteiger partial charge in [0.15, 0.2) is 0 Å². The Morgan fingerprint density at radius 3 is 2.40 bits per heavy atom. The van der Waals surface area contributed by atoms with Gasteiger partial charge in [0.25, 0.3) is 0 Å². The summed E-state index contributed by atoms with van der Waals surface area (Å²) in [6, 6.07) is 4.57. The fourth-order valence-corrected chi connectivity index (χ4v) is 3.38. The maximum Gasteiger partial charge on any atom is 0.319 e. The summed E-state index contributed by atoms with van der Waals surface area (Å²) in [4.78, 5) is 20.0. The lowest BCUT2D eigenvalue weighted by molar-refractivity contribution is 0.0599. The molecule has 0 aromatic carbocycles. The third kappa shape index (κ3) is 2.44. The number of piperidine rings is 1. The molecule has 2 aliphatic rings. The van der Waals surface area contributed by atoms with Gasteiger partial charge in [-0.25, -0.2) is 4.79 Å². The highest BCUT2D eigenvalue weighted by Gasteiger charge is 2.44. The van der Waals surface area contributed by atoms with Crippen molar-refractivity contribution in [1.29, 1.82) is 0 Å². The molecular formula is C15H21N3O2. The Labute approximate surface area is 119 Å². The van der Waals surface area contributed by atoms with Gasteiger partial charge in [0, 0.05) is 51.4 Å². The minimum Gasteiger partial charge on any atom is -0.490 e. The molecule has 5 heteroatoms. The summed E-state index contributed by atoms with van der Waals surface area (Å²) in [6.45, 7) is 0. The smallest absolute Gasteiger partial charge is 0.319 e. The number of fused-ring (bicyclic) bond motifs is 2. The summed E-state index contributed by atoms with van der Waals surface area (Å²) in [5.74, 6) is 0.872. The molecule has 0 N–H and O–H groups in total. The predicted molar refractivity (Wildman–Crippen MR) is 75.6 cm³/mol. The normalized spacial score (nSPS) is 28.3. The molecule has 0 saturated carbocycles. The number of nitrogens with zero attached hydrogens (tertiary/aromatic N) is 3. The molecule has 2 amide bonds. The Morgan fingerprint density at radius 1 is 1.25 bits per heavy atom. The van der Waals surface area contributed by atoms with Crippen LogP contribution in [0.3, 0.4) is 0 Å². The van der Waals surface area contributed by atoms with Gasteiger partial charge < -0.3 is 14.5 Å². The average molecular weight is 275 g/mol. The van der Waals surface area contributed by atoms with E-state index in [9.17, 15) is 4.79 Å². The molecule has 1 aromatic rings. The lowest BCUT2D eigenvalue weighted by Crippen LogP contribution is -2.52. The molecule has 2 atom stereocenters. The molecule has 1 aromatic heterocycles. The van der Waals surface area contributed by atoms with E-state index in [1.807, 2.05) is 26.2 Å². The van der Waals surface area contributed by atoms with Crippen LogP contribution in [0.2, 0.25) is 0 Å². The first-order valence-electron chi connectivity index (χ1n) is 7.21. The zero-order valence-corrected chi connectivity index (χ0v) is 12.0. The third-order valence-electron chi connectivity index (χ3n) is 4.25. The van der Waals surface area contributed by atoms with Crippen LogP contribution in [0.15, 0.2) is 24.5 Å². The van der Waals surface area contributed by atoms with Crippen LogP contribution in [0.4, 0.5) is 4.79 Å². The van der Waals surface area contributed by atoms with Crippen LogP contribution in [0.25, 0.3) is 0 Å². The molecule has 2 bridgehead atoms. The summed E-state index contributed by atoms with van der Waals surface area (Å²) in [5.41, 5.74) is 0. The van der Waals surface area contributed by atoms with Crippen molar-refractivity contribution >= 4 is 6.03 Å². The molecule has 5 nitrogen and oxygen atoms in total. The second-order valence-corrected chi connectivity index (χ2v) is 5.86. The first kappa shape index (κ1) is 13.2. The van der Waals surface area contributed by atoms with E-state index in [1.54, 1.807) is 17.3 Å². The Morgan fingerprint density at radius 2 is 1.85 bits per heavy atom. The summed E-state index contributed by atoms with van der Waals surface area (Å²) in [7, 11) is 3.64. The summed E-state index contributed by atoms with van der Waals surface area (Å²) >= 11 is 0. The summed E-state index contributed by atoms with van der Waals surface area (Å²) in [6.07, 6.45) is 7.75. The number of pyridine rings is 1. The van der Waals surface area contributed by atoms with Gasteiger partial charge >= 0.3 is 6.03 Å². The van der Waals surface area contributed by atoms with Crippen molar-refractivity contribution in [3.05, 3.63) is 24.5 Å². The number of hydrogen-bond donors (Lipinski definition) is 0. The molecule has 0 aliphatic carbocycles. The molecule has 3 rings (SSSR count). The number of urea groups is 1. The topological polar surface area (TPSA) is 45.7 Å². The van der Waals surface area contributed by atoms with E-state index >= 15 is 0 Å². The SMILES string of the molecule is CN(C)C(=O)N1C2CCC1CC(Oc1ccncc1)C2. The van der Waals surface area contributed by atoms with Gasteiger partial charge in [-0.2, -0.15) is 0 Å². The fourth-order valence-electron chi connectivity index (χ4n) is 3.38. The van der Waals surface area contributed by atoms with Crippen molar-refractivity contribution in [1.82, 2.24) is 14.8 Å². The Hall–Kier alpha value is -1.78. The van der Waals surface area contributed by atoms with Crippen LogP contribution in [-0.4, -0.2) is 53.1 Å². The van der Waals surface area contributed by atoms with Crippen LogP contribution in [-0.2, 0) is 0 Å². The molecule has 3 heterocycles. The lowest BCUT2D eigenvalue weighted by atomic mass is 10.00. The lowest BCUT2D eigenvalue weighted by Gasteiger charge is -2.40. The van der Waals surface area contributed by atoms with Crippen molar-refractivity contribution in [2.45, 2.75) is 43.9 Å². The monoisotopic (exact) mass is 275 g/mol. The van der Waals surface area contributed by atoms with E-state index in [0.717, 1.165) is 31.4 Å². The number of carbonyl (C=O) groups excluding carboxylic acids is 1. The molecule has 20 heavy (non-hydrogen) atoms. The molecule has 0 spiro atoms. The van der Waals surface area contributed by atoms with Crippen LogP contribution in [0.1, 0.15) is 25.7 Å². The predicted octanol–water partition coefficient (Wildman–Crippen LogP) is 2.14. The fraction of sp³-hybridized carbons (Fsp3) is 0.600. The molecule has 2 saturated heterocycles. The van der Waals surface area contributed by atoms with Gasteiger partial charge in [0.2, 0.25) is 0 Å². The third-order valence-corrected chi connectivity index (χ3v) is 4.25.